The Kier molecular flexibility index (Phi) is 10.9. The van der Waals surface area contributed by atoms with Gasteiger partial charge in [-0.15, -0.1) is 0 Å². The SMILES string of the molecule is C=C1/C(=C\C=C2/CCCC(C)(C(CCC)C(C)(CC)CCCC(C)(C)O)C2)CCCC1OC(C)=O. The molecule has 2 fully saturated rings. The molecule has 3 nitrogen and oxygen atoms in total. The fraction of sp³-hybridized carbons (Fsp3) is 0.781. The summed E-state index contributed by atoms with van der Waals surface area (Å²) in [5, 5.41) is 10.3. The fourth-order valence-corrected chi connectivity index (χ4v) is 6.96. The standard InChI is InChI=1S/C32H54O3/c1-9-14-29(31(7,10-2)22-13-20-30(5,6)34)32(8)21-12-15-26(23-32)18-19-27-16-11-17-28(24(27)3)35-25(4)33/h18-19,28-29,34H,3,9-17,20-23H2,1-2,4-8H3/b26-18+,27-19-. The van der Waals surface area contributed by atoms with Crippen molar-refractivity contribution in [2.45, 2.75) is 144 Å². The molecule has 0 aromatic heterocycles. The number of aliphatic hydroxyl groups is 1. The van der Waals surface area contributed by atoms with Crippen LogP contribution < -0.4 is 0 Å². The molecule has 2 saturated carbocycles. The molecule has 4 atom stereocenters. The summed E-state index contributed by atoms with van der Waals surface area (Å²) < 4.78 is 5.50. The number of carbonyl (C=O) groups is 1. The fourth-order valence-electron chi connectivity index (χ4n) is 6.96. The lowest BCUT2D eigenvalue weighted by atomic mass is 9.54. The summed E-state index contributed by atoms with van der Waals surface area (Å²) in [7, 11) is 0. The van der Waals surface area contributed by atoms with E-state index in [1.807, 2.05) is 13.8 Å². The van der Waals surface area contributed by atoms with E-state index in [0.29, 0.717) is 16.7 Å². The van der Waals surface area contributed by atoms with Crippen molar-refractivity contribution in [2.75, 3.05) is 0 Å². The maximum absolute atomic E-state index is 11.5. The highest BCUT2D eigenvalue weighted by Gasteiger charge is 2.45. The molecule has 1 N–H and O–H groups in total. The predicted molar refractivity (Wildman–Crippen MR) is 148 cm³/mol. The van der Waals surface area contributed by atoms with Gasteiger partial charge in [0, 0.05) is 6.92 Å². The lowest BCUT2D eigenvalue weighted by Crippen LogP contribution is -2.41. The minimum absolute atomic E-state index is 0.161. The van der Waals surface area contributed by atoms with Crippen LogP contribution in [0.5, 0.6) is 0 Å². The molecule has 4 unspecified atom stereocenters. The van der Waals surface area contributed by atoms with Crippen molar-refractivity contribution in [3.63, 3.8) is 0 Å². The molecule has 0 aliphatic heterocycles. The van der Waals surface area contributed by atoms with E-state index in [1.54, 1.807) is 5.57 Å². The topological polar surface area (TPSA) is 46.5 Å². The Morgan fingerprint density at radius 2 is 1.91 bits per heavy atom. The Morgan fingerprint density at radius 3 is 2.51 bits per heavy atom. The largest absolute Gasteiger partial charge is 0.458 e. The van der Waals surface area contributed by atoms with Crippen molar-refractivity contribution in [3.8, 4) is 0 Å². The van der Waals surface area contributed by atoms with Crippen LogP contribution in [0, 0.1) is 16.7 Å². The minimum atomic E-state index is -0.579. The van der Waals surface area contributed by atoms with Gasteiger partial charge in [0.15, 0.2) is 0 Å². The molecule has 0 aromatic carbocycles. The van der Waals surface area contributed by atoms with Gasteiger partial charge in [-0.25, -0.2) is 0 Å². The number of hydrogen-bond donors (Lipinski definition) is 1. The summed E-state index contributed by atoms with van der Waals surface area (Å²) in [6.07, 6.45) is 19.2. The van der Waals surface area contributed by atoms with Gasteiger partial charge >= 0.3 is 5.97 Å². The Bertz CT molecular complexity index is 783. The van der Waals surface area contributed by atoms with E-state index in [9.17, 15) is 9.90 Å². The third kappa shape index (κ3) is 8.62. The highest BCUT2D eigenvalue weighted by Crippen LogP contribution is 2.55. The molecule has 0 aromatic rings. The number of ether oxygens (including phenoxy) is 1. The molecule has 0 heterocycles. The monoisotopic (exact) mass is 486 g/mol. The second-order valence-corrected chi connectivity index (χ2v) is 12.7. The number of carbonyl (C=O) groups excluding carboxylic acids is 1. The third-order valence-electron chi connectivity index (χ3n) is 9.02. The van der Waals surface area contributed by atoms with Gasteiger partial charge in [0.05, 0.1) is 5.60 Å². The summed E-state index contributed by atoms with van der Waals surface area (Å²) in [6.45, 7) is 19.4. The van der Waals surface area contributed by atoms with Crippen LogP contribution in [0.25, 0.3) is 0 Å². The summed E-state index contributed by atoms with van der Waals surface area (Å²) in [6, 6.07) is 0. The highest BCUT2D eigenvalue weighted by molar-refractivity contribution is 5.66. The van der Waals surface area contributed by atoms with Gasteiger partial charge in [0.2, 0.25) is 0 Å². The summed E-state index contributed by atoms with van der Waals surface area (Å²) >= 11 is 0. The Balaban J connectivity index is 2.21. The molecule has 2 aliphatic rings. The number of hydrogen-bond acceptors (Lipinski definition) is 3. The maximum Gasteiger partial charge on any atom is 0.303 e. The van der Waals surface area contributed by atoms with E-state index in [-0.39, 0.29) is 12.1 Å². The first kappa shape index (κ1) is 29.9. The molecule has 200 valence electrons. The van der Waals surface area contributed by atoms with Gasteiger partial charge in [0.1, 0.15) is 6.10 Å². The van der Waals surface area contributed by atoms with Crippen LogP contribution >= 0.6 is 0 Å². The van der Waals surface area contributed by atoms with Crippen molar-refractivity contribution in [2.24, 2.45) is 16.7 Å². The van der Waals surface area contributed by atoms with E-state index >= 15 is 0 Å². The number of esters is 1. The zero-order chi connectivity index (χ0) is 26.3. The average Bonchev–Trinajstić information content (AvgIpc) is 2.76. The van der Waals surface area contributed by atoms with Crippen LogP contribution in [-0.4, -0.2) is 22.8 Å². The van der Waals surface area contributed by atoms with Crippen molar-refractivity contribution in [3.05, 3.63) is 35.5 Å². The molecule has 35 heavy (non-hydrogen) atoms. The molecule has 3 heteroatoms. The van der Waals surface area contributed by atoms with Crippen LogP contribution in [0.3, 0.4) is 0 Å². The third-order valence-corrected chi connectivity index (χ3v) is 9.02. The van der Waals surface area contributed by atoms with Crippen LogP contribution in [0.1, 0.15) is 132 Å². The average molecular weight is 487 g/mol. The molecule has 2 rings (SSSR count). The summed E-state index contributed by atoms with van der Waals surface area (Å²) in [5.41, 5.74) is 3.82. The van der Waals surface area contributed by atoms with Crippen molar-refractivity contribution in [1.29, 1.82) is 0 Å². The van der Waals surface area contributed by atoms with Crippen LogP contribution in [0.4, 0.5) is 0 Å². The van der Waals surface area contributed by atoms with Crippen LogP contribution in [0.15, 0.2) is 35.5 Å². The first-order valence-corrected chi connectivity index (χ1v) is 14.3. The summed E-state index contributed by atoms with van der Waals surface area (Å²) in [4.78, 5) is 11.5. The van der Waals surface area contributed by atoms with Gasteiger partial charge in [-0.2, -0.15) is 0 Å². The Morgan fingerprint density at radius 1 is 1.20 bits per heavy atom. The van der Waals surface area contributed by atoms with Gasteiger partial charge in [-0.3, -0.25) is 4.79 Å². The zero-order valence-corrected chi connectivity index (χ0v) is 24.0. The Labute approximate surface area is 216 Å². The molecule has 2 aliphatic carbocycles. The zero-order valence-electron chi connectivity index (χ0n) is 24.0. The lowest BCUT2D eigenvalue weighted by Gasteiger charge is -2.51. The highest BCUT2D eigenvalue weighted by atomic mass is 16.5. The quantitative estimate of drug-likeness (QED) is 0.297. The minimum Gasteiger partial charge on any atom is -0.458 e. The molecule has 0 spiro atoms. The van der Waals surface area contributed by atoms with Crippen LogP contribution in [-0.2, 0) is 9.53 Å². The first-order valence-electron chi connectivity index (χ1n) is 14.3. The van der Waals surface area contributed by atoms with E-state index in [1.165, 1.54) is 63.9 Å². The van der Waals surface area contributed by atoms with Gasteiger partial charge in [-0.05, 0) is 106 Å². The van der Waals surface area contributed by atoms with E-state index < -0.39 is 5.60 Å². The molecule has 0 saturated heterocycles. The second-order valence-electron chi connectivity index (χ2n) is 12.7. The Hall–Kier alpha value is -1.35. The van der Waals surface area contributed by atoms with Crippen molar-refractivity contribution in [1.82, 2.24) is 0 Å². The van der Waals surface area contributed by atoms with Crippen molar-refractivity contribution >= 4 is 5.97 Å². The van der Waals surface area contributed by atoms with Crippen molar-refractivity contribution < 1.29 is 14.6 Å². The smallest absolute Gasteiger partial charge is 0.303 e. The summed E-state index contributed by atoms with van der Waals surface area (Å²) in [5.74, 6) is 0.462. The molecule has 0 bridgehead atoms. The molecule has 0 radical (unpaired) electrons. The molecule has 0 amide bonds. The lowest BCUT2D eigenvalue weighted by molar-refractivity contribution is -0.145. The first-order chi connectivity index (χ1) is 16.3. The van der Waals surface area contributed by atoms with Gasteiger partial charge < -0.3 is 9.84 Å². The normalized spacial score (nSPS) is 28.7. The van der Waals surface area contributed by atoms with E-state index in [4.69, 9.17) is 4.74 Å². The van der Waals surface area contributed by atoms with Gasteiger partial charge in [0.25, 0.3) is 0 Å². The number of allylic oxidation sites excluding steroid dienone is 3. The molecular formula is C32H54O3. The van der Waals surface area contributed by atoms with Gasteiger partial charge in [-0.1, -0.05) is 71.3 Å². The second kappa shape index (κ2) is 12.7. The van der Waals surface area contributed by atoms with Crippen LogP contribution in [0.2, 0.25) is 0 Å². The van der Waals surface area contributed by atoms with E-state index in [2.05, 4.69) is 46.4 Å². The maximum atomic E-state index is 11.5. The number of rotatable bonds is 11. The predicted octanol–water partition coefficient (Wildman–Crippen LogP) is 8.87. The van der Waals surface area contributed by atoms with E-state index in [0.717, 1.165) is 37.7 Å². The molecular weight excluding hydrogens is 432 g/mol.